The van der Waals surface area contributed by atoms with Gasteiger partial charge in [-0.3, -0.25) is 4.79 Å². The highest BCUT2D eigenvalue weighted by Gasteiger charge is 2.12. The number of aryl methyl sites for hydroxylation is 2. The quantitative estimate of drug-likeness (QED) is 0.614. The van der Waals surface area contributed by atoms with Crippen molar-refractivity contribution in [1.82, 2.24) is 9.97 Å². The van der Waals surface area contributed by atoms with E-state index in [1.54, 1.807) is 37.3 Å². The molecule has 1 aromatic heterocycles. The highest BCUT2D eigenvalue weighted by Crippen LogP contribution is 2.15. The largest absolute Gasteiger partial charge is 0.370 e. The zero-order valence-corrected chi connectivity index (χ0v) is 15.6. The molecule has 0 bridgehead atoms. The molecule has 0 aliphatic rings. The number of nitriles is 1. The van der Waals surface area contributed by atoms with Gasteiger partial charge in [-0.1, -0.05) is 42.5 Å². The molecule has 1 amide bonds. The van der Waals surface area contributed by atoms with Gasteiger partial charge < -0.3 is 10.6 Å². The number of hydrogen-bond donors (Lipinski definition) is 2. The lowest BCUT2D eigenvalue weighted by molar-refractivity contribution is 0.102. The van der Waals surface area contributed by atoms with Crippen molar-refractivity contribution in [1.29, 1.82) is 5.26 Å². The average molecular weight is 371 g/mol. The van der Waals surface area contributed by atoms with E-state index in [9.17, 15) is 4.79 Å². The molecular formula is C22H21N5O. The fourth-order valence-electron chi connectivity index (χ4n) is 2.80. The summed E-state index contributed by atoms with van der Waals surface area (Å²) in [4.78, 5) is 21.1. The number of carbonyl (C=O) groups is 1. The molecule has 0 aliphatic heterocycles. The van der Waals surface area contributed by atoms with Gasteiger partial charge in [0, 0.05) is 12.6 Å². The molecular weight excluding hydrogens is 350 g/mol. The first-order valence-electron chi connectivity index (χ1n) is 9.09. The summed E-state index contributed by atoms with van der Waals surface area (Å²) in [5, 5.41) is 15.2. The summed E-state index contributed by atoms with van der Waals surface area (Å²) in [5.41, 5.74) is 2.41. The second-order valence-electron chi connectivity index (χ2n) is 6.31. The van der Waals surface area contributed by atoms with Crippen LogP contribution in [0.3, 0.4) is 0 Å². The maximum absolute atomic E-state index is 12.6. The van der Waals surface area contributed by atoms with Gasteiger partial charge in [0.15, 0.2) is 0 Å². The van der Waals surface area contributed by atoms with Crippen LogP contribution in [0.5, 0.6) is 0 Å². The van der Waals surface area contributed by atoms with E-state index in [4.69, 9.17) is 5.26 Å². The molecule has 2 N–H and O–H groups in total. The first kappa shape index (κ1) is 19.1. The van der Waals surface area contributed by atoms with Gasteiger partial charge in [-0.15, -0.1) is 0 Å². The lowest BCUT2D eigenvalue weighted by Gasteiger charge is -2.10. The Morgan fingerprint density at radius 1 is 1.07 bits per heavy atom. The molecule has 2 aromatic carbocycles. The maximum Gasteiger partial charge on any atom is 0.274 e. The summed E-state index contributed by atoms with van der Waals surface area (Å²) in [7, 11) is 0. The predicted molar refractivity (Wildman–Crippen MR) is 109 cm³/mol. The average Bonchev–Trinajstić information content (AvgIpc) is 2.72. The fourth-order valence-corrected chi connectivity index (χ4v) is 2.80. The van der Waals surface area contributed by atoms with Gasteiger partial charge in [0.05, 0.1) is 11.3 Å². The van der Waals surface area contributed by atoms with Crippen LogP contribution in [0.4, 0.5) is 11.5 Å². The molecule has 0 fully saturated rings. The van der Waals surface area contributed by atoms with Crippen molar-refractivity contribution < 1.29 is 4.79 Å². The number of aromatic nitrogens is 2. The van der Waals surface area contributed by atoms with Crippen molar-refractivity contribution in [2.75, 3.05) is 17.2 Å². The summed E-state index contributed by atoms with van der Waals surface area (Å²) >= 11 is 0. The standard InChI is InChI=1S/C22H21N5O/c1-16-25-20(22(28)27-19-12-6-5-11-18(19)15-23)14-21(26-16)24-13-7-10-17-8-3-2-4-9-17/h2-6,8-9,11-12,14H,7,10,13H2,1H3,(H,27,28)(H,24,25,26). The summed E-state index contributed by atoms with van der Waals surface area (Å²) in [5.74, 6) is 0.742. The van der Waals surface area contributed by atoms with E-state index in [1.807, 2.05) is 18.2 Å². The van der Waals surface area contributed by atoms with Crippen molar-refractivity contribution in [2.45, 2.75) is 19.8 Å². The summed E-state index contributed by atoms with van der Waals surface area (Å²) in [6, 6.07) is 20.8. The molecule has 3 rings (SSSR count). The fraction of sp³-hybridized carbons (Fsp3) is 0.182. The number of hydrogen-bond acceptors (Lipinski definition) is 5. The minimum Gasteiger partial charge on any atom is -0.370 e. The Balaban J connectivity index is 1.62. The Kier molecular flexibility index (Phi) is 6.32. The van der Waals surface area contributed by atoms with E-state index < -0.39 is 0 Å². The SMILES string of the molecule is Cc1nc(NCCCc2ccccc2)cc(C(=O)Nc2ccccc2C#N)n1. The molecule has 1 heterocycles. The second kappa shape index (κ2) is 9.28. The van der Waals surface area contributed by atoms with Crippen LogP contribution in [0.2, 0.25) is 0 Å². The smallest absolute Gasteiger partial charge is 0.274 e. The normalized spacial score (nSPS) is 10.1. The van der Waals surface area contributed by atoms with E-state index in [0.29, 0.717) is 22.9 Å². The van der Waals surface area contributed by atoms with E-state index in [0.717, 1.165) is 19.4 Å². The number of benzene rings is 2. The highest BCUT2D eigenvalue weighted by atomic mass is 16.1. The number of anilines is 2. The van der Waals surface area contributed by atoms with Crippen molar-refractivity contribution in [2.24, 2.45) is 0 Å². The van der Waals surface area contributed by atoms with Crippen molar-refractivity contribution in [3.8, 4) is 6.07 Å². The summed E-state index contributed by atoms with van der Waals surface area (Å²) < 4.78 is 0. The van der Waals surface area contributed by atoms with Crippen LogP contribution in [-0.2, 0) is 6.42 Å². The highest BCUT2D eigenvalue weighted by molar-refractivity contribution is 6.03. The van der Waals surface area contributed by atoms with Crippen LogP contribution in [0.25, 0.3) is 0 Å². The van der Waals surface area contributed by atoms with Crippen molar-refractivity contribution in [3.63, 3.8) is 0 Å². The van der Waals surface area contributed by atoms with Gasteiger partial charge in [0.1, 0.15) is 23.4 Å². The number of rotatable bonds is 7. The third-order valence-electron chi connectivity index (χ3n) is 4.16. The number of nitrogens with zero attached hydrogens (tertiary/aromatic N) is 3. The predicted octanol–water partition coefficient (Wildman–Crippen LogP) is 3.95. The van der Waals surface area contributed by atoms with E-state index in [1.165, 1.54) is 5.56 Å². The van der Waals surface area contributed by atoms with E-state index in [-0.39, 0.29) is 11.6 Å². The van der Waals surface area contributed by atoms with Crippen LogP contribution in [0, 0.1) is 18.3 Å². The zero-order valence-electron chi connectivity index (χ0n) is 15.6. The van der Waals surface area contributed by atoms with E-state index in [2.05, 4.69) is 38.8 Å². The molecule has 0 unspecified atom stereocenters. The molecule has 0 radical (unpaired) electrons. The molecule has 0 saturated carbocycles. The van der Waals surface area contributed by atoms with Gasteiger partial charge >= 0.3 is 0 Å². The van der Waals surface area contributed by atoms with Crippen molar-refractivity contribution >= 4 is 17.4 Å². The molecule has 6 heteroatoms. The molecule has 28 heavy (non-hydrogen) atoms. The van der Waals surface area contributed by atoms with Gasteiger partial charge in [0.25, 0.3) is 5.91 Å². The minimum atomic E-state index is -0.375. The van der Waals surface area contributed by atoms with Crippen LogP contribution >= 0.6 is 0 Å². The zero-order chi connectivity index (χ0) is 19.8. The van der Waals surface area contributed by atoms with Crippen LogP contribution in [-0.4, -0.2) is 22.4 Å². The topological polar surface area (TPSA) is 90.7 Å². The monoisotopic (exact) mass is 371 g/mol. The molecule has 0 spiro atoms. The molecule has 0 atom stereocenters. The molecule has 0 aliphatic carbocycles. The Morgan fingerprint density at radius 3 is 2.61 bits per heavy atom. The van der Waals surface area contributed by atoms with Gasteiger partial charge in [-0.2, -0.15) is 5.26 Å². The van der Waals surface area contributed by atoms with Crippen LogP contribution in [0.15, 0.2) is 60.7 Å². The first-order valence-corrected chi connectivity index (χ1v) is 9.09. The molecule has 3 aromatic rings. The Hall–Kier alpha value is -3.72. The lowest BCUT2D eigenvalue weighted by Crippen LogP contribution is -2.16. The molecule has 6 nitrogen and oxygen atoms in total. The minimum absolute atomic E-state index is 0.255. The molecule has 140 valence electrons. The second-order valence-corrected chi connectivity index (χ2v) is 6.31. The van der Waals surface area contributed by atoms with Crippen LogP contribution in [0.1, 0.15) is 33.9 Å². The third-order valence-corrected chi connectivity index (χ3v) is 4.16. The number of carbonyl (C=O) groups excluding carboxylic acids is 1. The maximum atomic E-state index is 12.6. The Morgan fingerprint density at radius 2 is 1.82 bits per heavy atom. The summed E-state index contributed by atoms with van der Waals surface area (Å²) in [6.45, 7) is 2.48. The number of nitrogens with one attached hydrogen (secondary N) is 2. The van der Waals surface area contributed by atoms with E-state index >= 15 is 0 Å². The number of para-hydroxylation sites is 1. The first-order chi connectivity index (χ1) is 13.7. The Bertz CT molecular complexity index is 995. The van der Waals surface area contributed by atoms with Crippen molar-refractivity contribution in [3.05, 3.63) is 83.3 Å². The number of amides is 1. The van der Waals surface area contributed by atoms with Gasteiger partial charge in [-0.05, 0) is 37.5 Å². The van der Waals surface area contributed by atoms with Crippen LogP contribution < -0.4 is 10.6 Å². The van der Waals surface area contributed by atoms with Gasteiger partial charge in [0.2, 0.25) is 0 Å². The third kappa shape index (κ3) is 5.15. The van der Waals surface area contributed by atoms with Gasteiger partial charge in [-0.25, -0.2) is 9.97 Å². The Labute approximate surface area is 164 Å². The molecule has 0 saturated heterocycles. The lowest BCUT2D eigenvalue weighted by atomic mass is 10.1. The summed E-state index contributed by atoms with van der Waals surface area (Å²) in [6.07, 6.45) is 1.92.